The van der Waals surface area contributed by atoms with Gasteiger partial charge in [0.2, 0.25) is 0 Å². The second-order valence-electron chi connectivity index (χ2n) is 4.19. The maximum absolute atomic E-state index is 2.26. The van der Waals surface area contributed by atoms with Crippen molar-refractivity contribution in [3.63, 3.8) is 0 Å². The van der Waals surface area contributed by atoms with Gasteiger partial charge in [-0.2, -0.15) is 0 Å². The summed E-state index contributed by atoms with van der Waals surface area (Å²) in [6.07, 6.45) is 22.0. The minimum atomic E-state index is 1.00. The van der Waals surface area contributed by atoms with Crippen LogP contribution in [-0.4, -0.2) is 0 Å². The number of hydrogen-bond acceptors (Lipinski definition) is 0. The normalized spacial score (nSPS) is 12.4. The summed E-state index contributed by atoms with van der Waals surface area (Å²) in [5.74, 6) is 0. The molecule has 0 spiro atoms. The lowest BCUT2D eigenvalue weighted by Gasteiger charge is -2.04. The predicted molar refractivity (Wildman–Crippen MR) is 84.8 cm³/mol. The van der Waals surface area contributed by atoms with Crippen LogP contribution in [0, 0.1) is 0 Å². The van der Waals surface area contributed by atoms with E-state index >= 15 is 0 Å². The summed E-state index contributed by atoms with van der Waals surface area (Å²) >= 11 is 0. The van der Waals surface area contributed by atoms with Gasteiger partial charge in [-0.25, -0.2) is 0 Å². The van der Waals surface area contributed by atoms with Crippen LogP contribution in [0.25, 0.3) is 0 Å². The summed E-state index contributed by atoms with van der Waals surface area (Å²) in [4.78, 5) is 0. The van der Waals surface area contributed by atoms with E-state index in [2.05, 4.69) is 76.3 Å². The highest BCUT2D eigenvalue weighted by atomic mass is 14.0. The number of rotatable bonds is 8. The molecule has 0 heteroatoms. The standard InChI is InChI=1S/C18H28/c1-5-9-13-17(14-10-6-2)18(15-11-7-3)16-12-8-4/h5,9-12,14-16H,6-8,13H2,1-4H3. The molecule has 0 heterocycles. The molecule has 0 aromatic rings. The quantitative estimate of drug-likeness (QED) is 0.355. The monoisotopic (exact) mass is 244 g/mol. The van der Waals surface area contributed by atoms with Gasteiger partial charge in [0.15, 0.2) is 0 Å². The molecule has 0 nitrogen and oxygen atoms in total. The molecule has 0 unspecified atom stereocenters. The van der Waals surface area contributed by atoms with Crippen molar-refractivity contribution in [1.29, 1.82) is 0 Å². The van der Waals surface area contributed by atoms with Crippen LogP contribution >= 0.6 is 0 Å². The molecular formula is C18H28. The summed E-state index contributed by atoms with van der Waals surface area (Å²) in [7, 11) is 0. The van der Waals surface area contributed by atoms with Crippen molar-refractivity contribution >= 4 is 0 Å². The molecule has 0 bridgehead atoms. The molecule has 0 aromatic carbocycles. The van der Waals surface area contributed by atoms with Crippen LogP contribution in [0.2, 0.25) is 0 Å². The van der Waals surface area contributed by atoms with Gasteiger partial charge in [0.25, 0.3) is 0 Å². The Morgan fingerprint density at radius 1 is 0.722 bits per heavy atom. The van der Waals surface area contributed by atoms with Crippen LogP contribution in [-0.2, 0) is 0 Å². The third-order valence-corrected chi connectivity index (χ3v) is 2.57. The van der Waals surface area contributed by atoms with Gasteiger partial charge >= 0.3 is 0 Å². The molecular weight excluding hydrogens is 216 g/mol. The first-order valence-corrected chi connectivity index (χ1v) is 7.13. The molecule has 18 heavy (non-hydrogen) atoms. The first-order chi connectivity index (χ1) is 8.79. The predicted octanol–water partition coefficient (Wildman–Crippen LogP) is 6.15. The van der Waals surface area contributed by atoms with Crippen molar-refractivity contribution < 1.29 is 0 Å². The minimum Gasteiger partial charge on any atom is -0.0913 e. The molecule has 0 aromatic heterocycles. The second-order valence-corrected chi connectivity index (χ2v) is 4.19. The molecule has 100 valence electrons. The van der Waals surface area contributed by atoms with E-state index in [1.54, 1.807) is 0 Å². The SMILES string of the molecule is CC=CCC(C=CCC)=C(C=CCC)C=CCC. The Hall–Kier alpha value is -1.30. The zero-order valence-electron chi connectivity index (χ0n) is 12.4. The fourth-order valence-electron chi connectivity index (χ4n) is 1.55. The number of allylic oxidation sites excluding steroid dienone is 10. The van der Waals surface area contributed by atoms with E-state index < -0.39 is 0 Å². The lowest BCUT2D eigenvalue weighted by atomic mass is 10.0. The van der Waals surface area contributed by atoms with Crippen molar-refractivity contribution in [2.75, 3.05) is 0 Å². The third kappa shape index (κ3) is 7.89. The maximum atomic E-state index is 2.26. The van der Waals surface area contributed by atoms with E-state index in [1.807, 2.05) is 0 Å². The van der Waals surface area contributed by atoms with Gasteiger partial charge in [0.05, 0.1) is 0 Å². The fraction of sp³-hybridized carbons (Fsp3) is 0.444. The largest absolute Gasteiger partial charge is 0.0913 e. The van der Waals surface area contributed by atoms with E-state index in [0.29, 0.717) is 0 Å². The first kappa shape index (κ1) is 16.7. The van der Waals surface area contributed by atoms with E-state index in [-0.39, 0.29) is 0 Å². The Bertz CT molecular complexity index is 319. The first-order valence-electron chi connectivity index (χ1n) is 7.13. The lowest BCUT2D eigenvalue weighted by Crippen LogP contribution is -1.84. The van der Waals surface area contributed by atoms with E-state index in [1.165, 1.54) is 11.1 Å². The van der Waals surface area contributed by atoms with Crippen LogP contribution in [0.1, 0.15) is 53.4 Å². The fourth-order valence-corrected chi connectivity index (χ4v) is 1.55. The average Bonchev–Trinajstić information content (AvgIpc) is 2.40. The van der Waals surface area contributed by atoms with E-state index in [9.17, 15) is 0 Å². The molecule has 0 saturated heterocycles. The molecule has 0 radical (unpaired) electrons. The zero-order valence-corrected chi connectivity index (χ0v) is 12.4. The zero-order chi connectivity index (χ0) is 13.6. The lowest BCUT2D eigenvalue weighted by molar-refractivity contribution is 1.17. The topological polar surface area (TPSA) is 0 Å². The van der Waals surface area contributed by atoms with Crippen LogP contribution in [0.4, 0.5) is 0 Å². The highest BCUT2D eigenvalue weighted by molar-refractivity contribution is 5.41. The molecule has 0 rings (SSSR count). The third-order valence-electron chi connectivity index (χ3n) is 2.57. The van der Waals surface area contributed by atoms with Gasteiger partial charge < -0.3 is 0 Å². The summed E-state index contributed by atoms with van der Waals surface area (Å²) < 4.78 is 0. The molecule has 0 atom stereocenters. The Morgan fingerprint density at radius 2 is 1.22 bits per heavy atom. The van der Waals surface area contributed by atoms with Crippen LogP contribution in [0.15, 0.2) is 59.8 Å². The van der Waals surface area contributed by atoms with E-state index in [0.717, 1.165) is 25.7 Å². The van der Waals surface area contributed by atoms with Gasteiger partial charge in [0, 0.05) is 0 Å². The summed E-state index contributed by atoms with van der Waals surface area (Å²) in [6.45, 7) is 8.59. The van der Waals surface area contributed by atoms with Crippen molar-refractivity contribution in [1.82, 2.24) is 0 Å². The molecule has 0 saturated carbocycles. The van der Waals surface area contributed by atoms with Gasteiger partial charge in [-0.05, 0) is 43.8 Å². The second kappa shape index (κ2) is 12.2. The van der Waals surface area contributed by atoms with E-state index in [4.69, 9.17) is 0 Å². The van der Waals surface area contributed by atoms with Crippen molar-refractivity contribution in [2.24, 2.45) is 0 Å². The summed E-state index contributed by atoms with van der Waals surface area (Å²) in [5.41, 5.74) is 2.73. The molecule has 0 amide bonds. The molecule has 0 aliphatic rings. The molecule has 0 N–H and O–H groups in total. The number of hydrogen-bond donors (Lipinski definition) is 0. The van der Waals surface area contributed by atoms with Crippen LogP contribution in [0.3, 0.4) is 0 Å². The molecule has 0 aliphatic carbocycles. The van der Waals surface area contributed by atoms with Gasteiger partial charge in [-0.3, -0.25) is 0 Å². The van der Waals surface area contributed by atoms with Gasteiger partial charge in [-0.15, -0.1) is 0 Å². The van der Waals surface area contributed by atoms with Crippen molar-refractivity contribution in [3.8, 4) is 0 Å². The average molecular weight is 244 g/mol. The minimum absolute atomic E-state index is 1.00. The highest BCUT2D eigenvalue weighted by Crippen LogP contribution is 2.16. The Morgan fingerprint density at radius 3 is 1.67 bits per heavy atom. The van der Waals surface area contributed by atoms with Crippen molar-refractivity contribution in [2.45, 2.75) is 53.4 Å². The summed E-state index contributed by atoms with van der Waals surface area (Å²) in [5, 5.41) is 0. The maximum Gasteiger partial charge on any atom is -0.00917 e. The Kier molecular flexibility index (Phi) is 11.3. The Labute approximate surface area is 113 Å². The van der Waals surface area contributed by atoms with Gasteiger partial charge in [0.1, 0.15) is 0 Å². The van der Waals surface area contributed by atoms with Gasteiger partial charge in [-0.1, -0.05) is 69.4 Å². The van der Waals surface area contributed by atoms with Crippen LogP contribution < -0.4 is 0 Å². The molecule has 0 fully saturated rings. The smallest absolute Gasteiger partial charge is 0.00917 e. The molecule has 0 aliphatic heterocycles. The summed E-state index contributed by atoms with van der Waals surface area (Å²) in [6, 6.07) is 0. The van der Waals surface area contributed by atoms with Crippen molar-refractivity contribution in [3.05, 3.63) is 59.8 Å². The van der Waals surface area contributed by atoms with Crippen LogP contribution in [0.5, 0.6) is 0 Å². The Balaban J connectivity index is 5.27. The highest BCUT2D eigenvalue weighted by Gasteiger charge is 1.96.